The maximum Gasteiger partial charge on any atom is 0.109 e. The van der Waals surface area contributed by atoms with E-state index in [2.05, 4.69) is 0 Å². The van der Waals surface area contributed by atoms with Crippen LogP contribution in [0, 0.1) is 0 Å². The second kappa shape index (κ2) is 8.79. The number of nitrogens with two attached hydrogens (primary N) is 1. The van der Waals surface area contributed by atoms with Gasteiger partial charge in [-0.05, 0) is 19.3 Å². The lowest BCUT2D eigenvalue weighted by molar-refractivity contribution is -0.129. The topological polar surface area (TPSA) is 136 Å². The lowest BCUT2D eigenvalue weighted by Gasteiger charge is -2.31. The van der Waals surface area contributed by atoms with Gasteiger partial charge in [0.25, 0.3) is 0 Å². The molecule has 0 bridgehead atoms. The molecule has 0 heterocycles. The van der Waals surface area contributed by atoms with Crippen LogP contribution >= 0.6 is 0 Å². The molecule has 0 radical (unpaired) electrons. The number of aliphatic hydroxyl groups is 5. The standard InChI is InChI=1S/C14H27NO6/c1-2-9(16)12(18)8(15)7-21-11-6-4-3-5-10(17)13(19)14(11)20/h3-4,8-14,16-20H,2,5-7,15H2,1H3/b4-3-/t8-,9+,10-,11?,12-,13-,14-/m0/s1. The van der Waals surface area contributed by atoms with E-state index >= 15 is 0 Å². The maximum atomic E-state index is 10.00. The highest BCUT2D eigenvalue weighted by Crippen LogP contribution is 2.18. The van der Waals surface area contributed by atoms with Crippen molar-refractivity contribution in [3.05, 3.63) is 12.2 Å². The van der Waals surface area contributed by atoms with Crippen LogP contribution < -0.4 is 5.73 Å². The second-order valence-corrected chi connectivity index (χ2v) is 5.49. The highest BCUT2D eigenvalue weighted by molar-refractivity contribution is 4.96. The molecule has 7 N–H and O–H groups in total. The van der Waals surface area contributed by atoms with Gasteiger partial charge in [-0.25, -0.2) is 0 Å². The monoisotopic (exact) mass is 305 g/mol. The highest BCUT2D eigenvalue weighted by atomic mass is 16.5. The minimum Gasteiger partial charge on any atom is -0.390 e. The van der Waals surface area contributed by atoms with Crippen LogP contribution in [0.2, 0.25) is 0 Å². The molecule has 0 aromatic heterocycles. The molecule has 0 aromatic carbocycles. The van der Waals surface area contributed by atoms with Crippen LogP contribution in [0.25, 0.3) is 0 Å². The molecule has 0 aromatic rings. The van der Waals surface area contributed by atoms with Crippen LogP contribution in [0.4, 0.5) is 0 Å². The summed E-state index contributed by atoms with van der Waals surface area (Å²) in [5.74, 6) is 0. The second-order valence-electron chi connectivity index (χ2n) is 5.49. The van der Waals surface area contributed by atoms with E-state index in [1.54, 1.807) is 19.1 Å². The lowest BCUT2D eigenvalue weighted by atomic mass is 9.95. The van der Waals surface area contributed by atoms with Crippen LogP contribution in [0.3, 0.4) is 0 Å². The third-order valence-corrected chi connectivity index (χ3v) is 3.79. The Hall–Kier alpha value is -0.540. The van der Waals surface area contributed by atoms with E-state index in [9.17, 15) is 25.5 Å². The molecule has 0 saturated heterocycles. The average molecular weight is 305 g/mol. The molecule has 0 aliphatic heterocycles. The van der Waals surface area contributed by atoms with Crippen molar-refractivity contribution in [1.82, 2.24) is 0 Å². The molecule has 0 spiro atoms. The van der Waals surface area contributed by atoms with Crippen molar-refractivity contribution in [3.63, 3.8) is 0 Å². The predicted molar refractivity (Wildman–Crippen MR) is 76.4 cm³/mol. The minimum absolute atomic E-state index is 0.0728. The van der Waals surface area contributed by atoms with Crippen molar-refractivity contribution in [2.24, 2.45) is 5.73 Å². The first-order chi connectivity index (χ1) is 9.88. The van der Waals surface area contributed by atoms with Crippen LogP contribution in [0.15, 0.2) is 12.2 Å². The fourth-order valence-electron chi connectivity index (χ4n) is 2.22. The highest BCUT2D eigenvalue weighted by Gasteiger charge is 2.33. The molecule has 0 amide bonds. The number of hydrogen-bond donors (Lipinski definition) is 6. The van der Waals surface area contributed by atoms with Crippen LogP contribution in [0.5, 0.6) is 0 Å². The Morgan fingerprint density at radius 2 is 1.76 bits per heavy atom. The Kier molecular flexibility index (Phi) is 7.75. The normalized spacial score (nSPS) is 36.3. The number of aliphatic hydroxyl groups excluding tert-OH is 5. The van der Waals surface area contributed by atoms with Gasteiger partial charge in [0.1, 0.15) is 12.2 Å². The van der Waals surface area contributed by atoms with E-state index in [1.165, 1.54) is 0 Å². The molecule has 7 heteroatoms. The van der Waals surface area contributed by atoms with Crippen LogP contribution in [0.1, 0.15) is 26.2 Å². The zero-order valence-electron chi connectivity index (χ0n) is 12.2. The van der Waals surface area contributed by atoms with Gasteiger partial charge in [0.2, 0.25) is 0 Å². The Morgan fingerprint density at radius 3 is 2.38 bits per heavy atom. The van der Waals surface area contributed by atoms with E-state index in [0.29, 0.717) is 12.8 Å². The van der Waals surface area contributed by atoms with Crippen LogP contribution in [-0.2, 0) is 4.74 Å². The van der Waals surface area contributed by atoms with E-state index in [4.69, 9.17) is 10.5 Å². The summed E-state index contributed by atoms with van der Waals surface area (Å²) in [5, 5.41) is 48.7. The Bertz CT molecular complexity index is 327. The molecule has 7 atom stereocenters. The van der Waals surface area contributed by atoms with Crippen molar-refractivity contribution in [1.29, 1.82) is 0 Å². The van der Waals surface area contributed by atoms with Gasteiger partial charge in [-0.3, -0.25) is 0 Å². The number of hydrogen-bond acceptors (Lipinski definition) is 7. The summed E-state index contributed by atoms with van der Waals surface area (Å²) in [7, 11) is 0. The van der Waals surface area contributed by atoms with Gasteiger partial charge >= 0.3 is 0 Å². The Labute approximate surface area is 124 Å². The largest absolute Gasteiger partial charge is 0.390 e. The number of rotatable bonds is 6. The minimum atomic E-state index is -1.30. The van der Waals surface area contributed by atoms with E-state index in [-0.39, 0.29) is 13.0 Å². The molecule has 1 aliphatic carbocycles. The van der Waals surface area contributed by atoms with Gasteiger partial charge in [-0.2, -0.15) is 0 Å². The summed E-state index contributed by atoms with van der Waals surface area (Å²) in [5.41, 5.74) is 5.74. The van der Waals surface area contributed by atoms with Crippen molar-refractivity contribution >= 4 is 0 Å². The molecule has 1 unspecified atom stereocenters. The van der Waals surface area contributed by atoms with Crippen molar-refractivity contribution in [2.45, 2.75) is 68.9 Å². The molecular weight excluding hydrogens is 278 g/mol. The van der Waals surface area contributed by atoms with Crippen molar-refractivity contribution < 1.29 is 30.3 Å². The average Bonchev–Trinajstić information content (AvgIpc) is 2.49. The zero-order valence-corrected chi connectivity index (χ0v) is 12.2. The van der Waals surface area contributed by atoms with Gasteiger partial charge in [0.05, 0.1) is 37.1 Å². The third kappa shape index (κ3) is 5.30. The summed E-state index contributed by atoms with van der Waals surface area (Å²) >= 11 is 0. The summed E-state index contributed by atoms with van der Waals surface area (Å²) in [4.78, 5) is 0. The fraction of sp³-hybridized carbons (Fsp3) is 0.857. The van der Waals surface area contributed by atoms with Gasteiger partial charge in [-0.1, -0.05) is 19.1 Å². The Balaban J connectivity index is 2.55. The molecule has 21 heavy (non-hydrogen) atoms. The van der Waals surface area contributed by atoms with Gasteiger partial charge in [-0.15, -0.1) is 0 Å². The quantitative estimate of drug-likeness (QED) is 0.321. The number of ether oxygens (including phenoxy) is 1. The molecule has 124 valence electrons. The van der Waals surface area contributed by atoms with Crippen molar-refractivity contribution in [3.8, 4) is 0 Å². The molecule has 1 rings (SSSR count). The van der Waals surface area contributed by atoms with E-state index in [1.807, 2.05) is 0 Å². The first kappa shape index (κ1) is 18.5. The van der Waals surface area contributed by atoms with Crippen LogP contribution in [-0.4, -0.2) is 74.8 Å². The molecule has 7 nitrogen and oxygen atoms in total. The molecule has 0 fully saturated rings. The third-order valence-electron chi connectivity index (χ3n) is 3.79. The molecule has 0 saturated carbocycles. The fourth-order valence-corrected chi connectivity index (χ4v) is 2.22. The van der Waals surface area contributed by atoms with Crippen molar-refractivity contribution in [2.75, 3.05) is 6.61 Å². The van der Waals surface area contributed by atoms with Gasteiger partial charge in [0, 0.05) is 0 Å². The zero-order chi connectivity index (χ0) is 16.0. The molecular formula is C14H27NO6. The predicted octanol–water partition coefficient (Wildman–Crippen LogP) is -1.74. The summed E-state index contributed by atoms with van der Waals surface area (Å²) in [6.45, 7) is 1.65. The van der Waals surface area contributed by atoms with Gasteiger partial charge in [0.15, 0.2) is 0 Å². The smallest absolute Gasteiger partial charge is 0.109 e. The summed E-state index contributed by atoms with van der Waals surface area (Å²) in [6.07, 6.45) is -1.91. The lowest BCUT2D eigenvalue weighted by Crippen LogP contribution is -2.50. The maximum absolute atomic E-state index is 10.00. The van der Waals surface area contributed by atoms with E-state index in [0.717, 1.165) is 0 Å². The van der Waals surface area contributed by atoms with Gasteiger partial charge < -0.3 is 36.0 Å². The first-order valence-electron chi connectivity index (χ1n) is 7.31. The SMILES string of the molecule is CC[C@@H](O)[C@@H](O)[C@@H](N)COC1C/C=C\C[C@H](O)[C@H](O)[C@H]1O. The van der Waals surface area contributed by atoms with E-state index < -0.39 is 42.7 Å². The molecule has 1 aliphatic rings. The first-order valence-corrected chi connectivity index (χ1v) is 7.31. The summed E-state index contributed by atoms with van der Waals surface area (Å²) in [6, 6.07) is -0.802. The Morgan fingerprint density at radius 1 is 1.14 bits per heavy atom. The summed E-state index contributed by atoms with van der Waals surface area (Å²) < 4.78 is 5.46.